The zero-order valence-electron chi connectivity index (χ0n) is 15.8. The van der Waals surface area contributed by atoms with Crippen LogP contribution in [0.25, 0.3) is 6.08 Å². The van der Waals surface area contributed by atoms with E-state index < -0.39 is 10.1 Å². The lowest BCUT2D eigenvalue weighted by Crippen LogP contribution is -2.44. The van der Waals surface area contributed by atoms with Crippen LogP contribution in [0.15, 0.2) is 30.3 Å². The van der Waals surface area contributed by atoms with Gasteiger partial charge in [0, 0.05) is 25.2 Å². The number of benzene rings is 1. The number of carbonyl (C=O) groups is 1. The van der Waals surface area contributed by atoms with E-state index in [-0.39, 0.29) is 11.7 Å². The number of likely N-dealkylation sites (tertiary alicyclic amines) is 2. The van der Waals surface area contributed by atoms with Gasteiger partial charge in [-0.05, 0) is 62.5 Å². The number of hydrogen-bond donors (Lipinski definition) is 0. The standard InChI is InChI=1S/C20H28N2O4S/c1-27(24,25)26-19-10-7-17(8-11-19)9-12-20(23)22-15-5-6-18(22)16-21-13-3-2-4-14-21/h7-12,18H,2-6,13-16H2,1H3. The molecule has 0 radical (unpaired) electrons. The summed E-state index contributed by atoms with van der Waals surface area (Å²) in [4.78, 5) is 17.1. The van der Waals surface area contributed by atoms with Crippen molar-refractivity contribution in [1.29, 1.82) is 0 Å². The summed E-state index contributed by atoms with van der Waals surface area (Å²) < 4.78 is 27.1. The maximum Gasteiger partial charge on any atom is 0.306 e. The molecule has 3 rings (SSSR count). The second kappa shape index (κ2) is 8.89. The summed E-state index contributed by atoms with van der Waals surface area (Å²) in [6, 6.07) is 6.95. The van der Waals surface area contributed by atoms with E-state index in [0.29, 0.717) is 6.04 Å². The lowest BCUT2D eigenvalue weighted by molar-refractivity contribution is -0.127. The first kappa shape index (κ1) is 19.9. The predicted octanol–water partition coefficient (Wildman–Crippen LogP) is 2.52. The highest BCUT2D eigenvalue weighted by Gasteiger charge is 2.29. The summed E-state index contributed by atoms with van der Waals surface area (Å²) in [5.41, 5.74) is 0.830. The van der Waals surface area contributed by atoms with Gasteiger partial charge in [-0.1, -0.05) is 18.6 Å². The zero-order chi connectivity index (χ0) is 19.3. The molecule has 1 aromatic rings. The van der Waals surface area contributed by atoms with Gasteiger partial charge >= 0.3 is 10.1 Å². The molecule has 0 spiro atoms. The first-order valence-electron chi connectivity index (χ1n) is 9.61. The number of nitrogens with zero attached hydrogens (tertiary/aromatic N) is 2. The third-order valence-electron chi connectivity index (χ3n) is 5.12. The molecule has 2 aliphatic rings. The SMILES string of the molecule is CS(=O)(=O)Oc1ccc(C=CC(=O)N2CCCC2CN2CCCCC2)cc1. The van der Waals surface area contributed by atoms with Gasteiger partial charge in [-0.2, -0.15) is 8.42 Å². The van der Waals surface area contributed by atoms with Crippen LogP contribution in [0.5, 0.6) is 5.75 Å². The molecule has 2 heterocycles. The minimum Gasteiger partial charge on any atom is -0.383 e. The highest BCUT2D eigenvalue weighted by Crippen LogP contribution is 2.21. The maximum atomic E-state index is 12.6. The molecule has 27 heavy (non-hydrogen) atoms. The van der Waals surface area contributed by atoms with E-state index in [9.17, 15) is 13.2 Å². The summed E-state index contributed by atoms with van der Waals surface area (Å²) in [6.45, 7) is 4.10. The Kier molecular flexibility index (Phi) is 6.55. The van der Waals surface area contributed by atoms with Gasteiger partial charge in [0.15, 0.2) is 0 Å². The van der Waals surface area contributed by atoms with E-state index in [0.717, 1.165) is 50.8 Å². The summed E-state index contributed by atoms with van der Waals surface area (Å²) >= 11 is 0. The average Bonchev–Trinajstić information content (AvgIpc) is 3.09. The Morgan fingerprint density at radius 3 is 2.48 bits per heavy atom. The van der Waals surface area contributed by atoms with Crippen LogP contribution in [0, 0.1) is 0 Å². The largest absolute Gasteiger partial charge is 0.383 e. The Bertz CT molecular complexity index is 768. The van der Waals surface area contributed by atoms with Crippen LogP contribution >= 0.6 is 0 Å². The van der Waals surface area contributed by atoms with Crippen molar-refractivity contribution in [3.8, 4) is 5.75 Å². The van der Waals surface area contributed by atoms with Crippen LogP contribution in [0.4, 0.5) is 0 Å². The number of carbonyl (C=O) groups excluding carboxylic acids is 1. The monoisotopic (exact) mass is 392 g/mol. The van der Waals surface area contributed by atoms with Crippen LogP contribution < -0.4 is 4.18 Å². The molecule has 0 N–H and O–H groups in total. The smallest absolute Gasteiger partial charge is 0.306 e. The average molecular weight is 393 g/mol. The minimum atomic E-state index is -3.53. The molecule has 1 atom stereocenters. The third kappa shape index (κ3) is 6.07. The first-order valence-corrected chi connectivity index (χ1v) is 11.4. The quantitative estimate of drug-likeness (QED) is 0.550. The first-order chi connectivity index (χ1) is 12.9. The zero-order valence-corrected chi connectivity index (χ0v) is 16.7. The van der Waals surface area contributed by atoms with Gasteiger partial charge < -0.3 is 14.0 Å². The topological polar surface area (TPSA) is 66.9 Å². The van der Waals surface area contributed by atoms with Crippen molar-refractivity contribution < 1.29 is 17.4 Å². The Balaban J connectivity index is 1.56. The molecule has 0 aromatic heterocycles. The normalized spacial score (nSPS) is 21.7. The van der Waals surface area contributed by atoms with Gasteiger partial charge in [-0.3, -0.25) is 4.79 Å². The Morgan fingerprint density at radius 2 is 1.81 bits per heavy atom. The maximum absolute atomic E-state index is 12.6. The van der Waals surface area contributed by atoms with E-state index in [1.165, 1.54) is 19.3 Å². The Hall–Kier alpha value is -1.86. The molecule has 0 saturated carbocycles. The van der Waals surface area contributed by atoms with Crippen molar-refractivity contribution in [1.82, 2.24) is 9.80 Å². The van der Waals surface area contributed by atoms with Crippen LogP contribution in [0.2, 0.25) is 0 Å². The fourth-order valence-electron chi connectivity index (χ4n) is 3.83. The van der Waals surface area contributed by atoms with E-state index in [2.05, 4.69) is 4.90 Å². The van der Waals surface area contributed by atoms with Gasteiger partial charge in [0.2, 0.25) is 5.91 Å². The van der Waals surface area contributed by atoms with Crippen molar-refractivity contribution >= 4 is 22.1 Å². The van der Waals surface area contributed by atoms with E-state index in [4.69, 9.17) is 4.18 Å². The number of piperidine rings is 1. The number of amides is 1. The van der Waals surface area contributed by atoms with Crippen LogP contribution in [0.1, 0.15) is 37.7 Å². The summed E-state index contributed by atoms with van der Waals surface area (Å²) in [6.07, 6.45) is 10.4. The lowest BCUT2D eigenvalue weighted by Gasteiger charge is -2.32. The van der Waals surface area contributed by atoms with Crippen molar-refractivity contribution in [2.24, 2.45) is 0 Å². The van der Waals surface area contributed by atoms with E-state index in [1.54, 1.807) is 36.4 Å². The highest BCUT2D eigenvalue weighted by molar-refractivity contribution is 7.86. The molecule has 7 heteroatoms. The van der Waals surface area contributed by atoms with Gasteiger partial charge in [-0.15, -0.1) is 0 Å². The molecule has 1 aromatic carbocycles. The summed E-state index contributed by atoms with van der Waals surface area (Å²) in [5.74, 6) is 0.313. The van der Waals surface area contributed by atoms with Crippen molar-refractivity contribution in [3.05, 3.63) is 35.9 Å². The lowest BCUT2D eigenvalue weighted by atomic mass is 10.1. The van der Waals surface area contributed by atoms with Crippen LogP contribution in [-0.2, 0) is 14.9 Å². The van der Waals surface area contributed by atoms with Gasteiger partial charge in [0.1, 0.15) is 5.75 Å². The third-order valence-corrected chi connectivity index (χ3v) is 5.62. The number of hydrogen-bond acceptors (Lipinski definition) is 5. The molecule has 1 unspecified atom stereocenters. The molecule has 0 aliphatic carbocycles. The molecular formula is C20H28N2O4S. The minimum absolute atomic E-state index is 0.0472. The molecule has 6 nitrogen and oxygen atoms in total. The van der Waals surface area contributed by atoms with Gasteiger partial charge in [0.25, 0.3) is 0 Å². The predicted molar refractivity (Wildman–Crippen MR) is 106 cm³/mol. The molecule has 2 aliphatic heterocycles. The highest BCUT2D eigenvalue weighted by atomic mass is 32.2. The second-order valence-corrected chi connectivity index (χ2v) is 8.95. The van der Waals surface area contributed by atoms with E-state index in [1.807, 2.05) is 4.90 Å². The fraction of sp³-hybridized carbons (Fsp3) is 0.550. The molecular weight excluding hydrogens is 364 g/mol. The molecule has 0 bridgehead atoms. The van der Waals surface area contributed by atoms with Gasteiger partial charge in [-0.25, -0.2) is 0 Å². The molecule has 2 saturated heterocycles. The second-order valence-electron chi connectivity index (χ2n) is 7.38. The van der Waals surface area contributed by atoms with Crippen LogP contribution in [-0.4, -0.2) is 62.6 Å². The summed E-state index contributed by atoms with van der Waals surface area (Å²) in [5, 5.41) is 0. The molecule has 2 fully saturated rings. The number of rotatable bonds is 6. The molecule has 148 valence electrons. The summed E-state index contributed by atoms with van der Waals surface area (Å²) in [7, 11) is -3.53. The van der Waals surface area contributed by atoms with Crippen molar-refractivity contribution in [3.63, 3.8) is 0 Å². The van der Waals surface area contributed by atoms with E-state index >= 15 is 0 Å². The fourth-order valence-corrected chi connectivity index (χ4v) is 4.29. The van der Waals surface area contributed by atoms with Crippen LogP contribution in [0.3, 0.4) is 0 Å². The van der Waals surface area contributed by atoms with Gasteiger partial charge in [0.05, 0.1) is 6.26 Å². The molecule has 1 amide bonds. The van der Waals surface area contributed by atoms with Crippen molar-refractivity contribution in [2.45, 2.75) is 38.1 Å². The van der Waals surface area contributed by atoms with Crippen molar-refractivity contribution in [2.75, 3.05) is 32.4 Å². The Morgan fingerprint density at radius 1 is 1.11 bits per heavy atom. The Labute approximate surface area is 161 Å².